The Balaban J connectivity index is 1.13. The molecule has 0 spiro atoms. The van der Waals surface area contributed by atoms with Crippen molar-refractivity contribution in [1.29, 1.82) is 0 Å². The van der Waals surface area contributed by atoms with Gasteiger partial charge in [0.25, 0.3) is 0 Å². The summed E-state index contributed by atoms with van der Waals surface area (Å²) in [5, 5.41) is 2.46. The molecule has 0 bridgehead atoms. The molecule has 0 unspecified atom stereocenters. The molecule has 0 amide bonds. The molecule has 3 aromatic carbocycles. The van der Waals surface area contributed by atoms with Crippen LogP contribution in [-0.2, 0) is 0 Å². The fourth-order valence-corrected chi connectivity index (χ4v) is 8.86. The van der Waals surface area contributed by atoms with Crippen LogP contribution in [0.15, 0.2) is 97.6 Å². The van der Waals surface area contributed by atoms with Crippen molar-refractivity contribution in [1.82, 2.24) is 27.5 Å². The second-order valence-electron chi connectivity index (χ2n) is 9.88. The van der Waals surface area contributed by atoms with Gasteiger partial charge in [-0.25, -0.2) is 0 Å². The summed E-state index contributed by atoms with van der Waals surface area (Å²) < 4.78 is 21.2. The van der Waals surface area contributed by atoms with Gasteiger partial charge in [-0.2, -0.15) is 17.5 Å². The number of nitrogens with zero attached hydrogens (tertiary/aromatic N) is 6. The Morgan fingerprint density at radius 1 is 0.452 bits per heavy atom. The van der Waals surface area contributed by atoms with E-state index in [1.54, 1.807) is 35.1 Å². The van der Waals surface area contributed by atoms with E-state index >= 15 is 0 Å². The molecular formula is C32H16N6S4. The van der Waals surface area contributed by atoms with Crippen molar-refractivity contribution in [3.05, 3.63) is 97.6 Å². The van der Waals surface area contributed by atoms with Crippen molar-refractivity contribution in [3.8, 4) is 43.1 Å². The van der Waals surface area contributed by atoms with Crippen molar-refractivity contribution >= 4 is 88.4 Å². The second-order valence-corrected chi connectivity index (χ2v) is 13.1. The minimum Gasteiger partial charge on any atom is -0.264 e. The molecule has 0 atom stereocenters. The Labute approximate surface area is 255 Å². The standard InChI is InChI=1S/C32H16N6S4/c1-3-17(15-33-9-1)21-5-7-23(31-29(21)35-41-37-31)27-13-19-11-26-20(12-25(19)39-27)14-28(40-26)24-8-6-22(18-4-2-10-34-16-18)30-32(24)38-42-36-30/h1-16H. The molecule has 0 aliphatic carbocycles. The second kappa shape index (κ2) is 9.53. The SMILES string of the molecule is c1cncc(-c2ccc(-c3cc4cc5sc(-c6ccc(-c7cccnc7)c7nsnc67)cc5cc4s3)c3nsnc23)c1. The molecule has 6 aromatic heterocycles. The summed E-state index contributed by atoms with van der Waals surface area (Å²) in [6.07, 6.45) is 7.32. The zero-order chi connectivity index (χ0) is 27.6. The van der Waals surface area contributed by atoms with E-state index in [-0.39, 0.29) is 0 Å². The predicted molar refractivity (Wildman–Crippen MR) is 176 cm³/mol. The van der Waals surface area contributed by atoms with E-state index in [0.717, 1.165) is 55.4 Å². The van der Waals surface area contributed by atoms with Gasteiger partial charge in [-0.05, 0) is 47.2 Å². The maximum absolute atomic E-state index is 4.69. The van der Waals surface area contributed by atoms with Gasteiger partial charge in [-0.3, -0.25) is 9.97 Å². The molecule has 0 aliphatic rings. The van der Waals surface area contributed by atoms with Crippen molar-refractivity contribution < 1.29 is 0 Å². The average molecular weight is 613 g/mol. The van der Waals surface area contributed by atoms with Gasteiger partial charge >= 0.3 is 0 Å². The molecule has 42 heavy (non-hydrogen) atoms. The number of thiophene rings is 2. The molecule has 0 saturated heterocycles. The number of benzene rings is 3. The quantitative estimate of drug-likeness (QED) is 0.197. The third-order valence-electron chi connectivity index (χ3n) is 7.46. The zero-order valence-corrected chi connectivity index (χ0v) is 24.8. The van der Waals surface area contributed by atoms with E-state index in [4.69, 9.17) is 8.75 Å². The van der Waals surface area contributed by atoms with Gasteiger partial charge in [0.1, 0.15) is 22.1 Å². The topological polar surface area (TPSA) is 77.3 Å². The number of hydrogen-bond acceptors (Lipinski definition) is 10. The first-order valence-electron chi connectivity index (χ1n) is 13.1. The lowest BCUT2D eigenvalue weighted by atomic mass is 10.0. The molecule has 0 aliphatic heterocycles. The monoisotopic (exact) mass is 612 g/mol. The number of aromatic nitrogens is 6. The van der Waals surface area contributed by atoms with Crippen molar-refractivity contribution in [2.75, 3.05) is 0 Å². The van der Waals surface area contributed by atoms with Crippen molar-refractivity contribution in [3.63, 3.8) is 0 Å². The molecule has 198 valence electrons. The summed E-state index contributed by atoms with van der Waals surface area (Å²) in [5.74, 6) is 0. The zero-order valence-electron chi connectivity index (χ0n) is 21.6. The molecular weight excluding hydrogens is 597 g/mol. The van der Waals surface area contributed by atoms with Crippen LogP contribution in [0.1, 0.15) is 0 Å². The van der Waals surface area contributed by atoms with Crippen LogP contribution in [-0.4, -0.2) is 27.5 Å². The lowest BCUT2D eigenvalue weighted by Gasteiger charge is -2.05. The highest BCUT2D eigenvalue weighted by atomic mass is 32.1. The Morgan fingerprint density at radius 3 is 1.31 bits per heavy atom. The van der Waals surface area contributed by atoms with Crippen LogP contribution in [0.25, 0.3) is 85.4 Å². The molecule has 0 fully saturated rings. The molecule has 0 N–H and O–H groups in total. The fourth-order valence-electron chi connectivity index (χ4n) is 5.48. The first-order chi connectivity index (χ1) is 20.8. The summed E-state index contributed by atoms with van der Waals surface area (Å²) in [6.45, 7) is 0. The van der Waals surface area contributed by atoms with Crippen LogP contribution in [0, 0.1) is 0 Å². The third kappa shape index (κ3) is 3.80. The number of hydrogen-bond donors (Lipinski definition) is 0. The number of pyridine rings is 2. The van der Waals surface area contributed by atoms with Crippen LogP contribution >= 0.6 is 46.1 Å². The van der Waals surface area contributed by atoms with Crippen LogP contribution in [0.4, 0.5) is 0 Å². The van der Waals surface area contributed by atoms with Crippen LogP contribution in [0.3, 0.4) is 0 Å². The summed E-state index contributed by atoms with van der Waals surface area (Å²) in [6, 6.07) is 25.8. The normalized spacial score (nSPS) is 11.8. The van der Waals surface area contributed by atoms with Gasteiger partial charge in [-0.15, -0.1) is 22.7 Å². The van der Waals surface area contributed by atoms with Gasteiger partial charge in [0, 0.05) is 77.3 Å². The molecule has 9 aromatic rings. The molecule has 6 heterocycles. The highest BCUT2D eigenvalue weighted by Crippen LogP contribution is 2.44. The van der Waals surface area contributed by atoms with E-state index < -0.39 is 0 Å². The van der Waals surface area contributed by atoms with Gasteiger partial charge in [-0.1, -0.05) is 36.4 Å². The Morgan fingerprint density at radius 2 is 0.881 bits per heavy atom. The Bertz CT molecular complexity index is 2200. The van der Waals surface area contributed by atoms with Gasteiger partial charge in [0.15, 0.2) is 0 Å². The minimum atomic E-state index is 0.922. The van der Waals surface area contributed by atoms with E-state index in [1.807, 2.05) is 24.5 Å². The highest BCUT2D eigenvalue weighted by molar-refractivity contribution is 7.24. The first kappa shape index (κ1) is 24.2. The lowest BCUT2D eigenvalue weighted by Crippen LogP contribution is -1.84. The number of fused-ring (bicyclic) bond motifs is 4. The van der Waals surface area contributed by atoms with Crippen LogP contribution < -0.4 is 0 Å². The van der Waals surface area contributed by atoms with E-state index in [1.165, 1.54) is 53.4 Å². The maximum Gasteiger partial charge on any atom is 0.114 e. The molecule has 0 radical (unpaired) electrons. The fraction of sp³-hybridized carbons (Fsp3) is 0. The Hall–Kier alpha value is -4.48. The maximum atomic E-state index is 4.69. The van der Waals surface area contributed by atoms with Gasteiger partial charge in [0.05, 0.1) is 23.5 Å². The van der Waals surface area contributed by atoms with Crippen molar-refractivity contribution in [2.45, 2.75) is 0 Å². The average Bonchev–Trinajstić information content (AvgIpc) is 3.85. The summed E-state index contributed by atoms with van der Waals surface area (Å²) >= 11 is 6.10. The molecule has 10 heteroatoms. The van der Waals surface area contributed by atoms with E-state index in [0.29, 0.717) is 0 Å². The predicted octanol–water partition coefficient (Wildman–Crippen LogP) is 9.58. The third-order valence-corrected chi connectivity index (χ3v) is 10.8. The lowest BCUT2D eigenvalue weighted by molar-refractivity contribution is 1.33. The summed E-state index contributed by atoms with van der Waals surface area (Å²) in [4.78, 5) is 11.0. The molecule has 9 rings (SSSR count). The largest absolute Gasteiger partial charge is 0.264 e. The van der Waals surface area contributed by atoms with Crippen LogP contribution in [0.5, 0.6) is 0 Å². The summed E-state index contributed by atoms with van der Waals surface area (Å²) in [7, 11) is 0. The smallest absolute Gasteiger partial charge is 0.114 e. The van der Waals surface area contributed by atoms with Crippen LogP contribution in [0.2, 0.25) is 0 Å². The van der Waals surface area contributed by atoms with Crippen molar-refractivity contribution in [2.24, 2.45) is 0 Å². The molecule has 6 nitrogen and oxygen atoms in total. The number of rotatable bonds is 4. The summed E-state index contributed by atoms with van der Waals surface area (Å²) in [5.41, 5.74) is 10.2. The van der Waals surface area contributed by atoms with E-state index in [2.05, 4.69) is 79.4 Å². The highest BCUT2D eigenvalue weighted by Gasteiger charge is 2.18. The van der Waals surface area contributed by atoms with E-state index in [9.17, 15) is 0 Å². The first-order valence-corrected chi connectivity index (χ1v) is 16.2. The minimum absolute atomic E-state index is 0.922. The Kier molecular flexibility index (Phi) is 5.48. The van der Waals surface area contributed by atoms with Gasteiger partial charge in [0.2, 0.25) is 0 Å². The van der Waals surface area contributed by atoms with Gasteiger partial charge < -0.3 is 0 Å². The molecule has 0 saturated carbocycles.